The second-order valence-electron chi connectivity index (χ2n) is 4.63. The van der Waals surface area contributed by atoms with Gasteiger partial charge in [0.15, 0.2) is 17.3 Å². The smallest absolute Gasteiger partial charge is 0.231 e. The van der Waals surface area contributed by atoms with Crippen LogP contribution in [0.1, 0.15) is 19.0 Å². The quantitative estimate of drug-likeness (QED) is 0.823. The molecular weight excluding hydrogens is 402 g/mol. The van der Waals surface area contributed by atoms with Gasteiger partial charge in [-0.05, 0) is 50.4 Å². The Hall–Kier alpha value is -1.34. The highest BCUT2D eigenvalue weighted by Crippen LogP contribution is 2.42. The van der Waals surface area contributed by atoms with Crippen LogP contribution in [-0.2, 0) is 6.42 Å². The van der Waals surface area contributed by atoms with Crippen molar-refractivity contribution < 1.29 is 9.47 Å². The zero-order valence-electron chi connectivity index (χ0n) is 11.3. The first-order valence-electron chi connectivity index (χ1n) is 6.51. The van der Waals surface area contributed by atoms with Crippen LogP contribution in [0.25, 0.3) is 11.4 Å². The summed E-state index contributed by atoms with van der Waals surface area (Å²) in [6, 6.07) is 3.78. The van der Waals surface area contributed by atoms with Gasteiger partial charge in [0.05, 0.1) is 14.6 Å². The Bertz CT molecular complexity index is 707. The van der Waals surface area contributed by atoms with Gasteiger partial charge in [-0.1, -0.05) is 13.3 Å². The van der Waals surface area contributed by atoms with Gasteiger partial charge in [0.1, 0.15) is 5.82 Å². The van der Waals surface area contributed by atoms with E-state index in [1.54, 1.807) is 0 Å². The highest BCUT2D eigenvalue weighted by molar-refractivity contribution is 9.11. The number of ether oxygens (including phenoxy) is 2. The molecule has 3 rings (SSSR count). The van der Waals surface area contributed by atoms with Crippen LogP contribution in [0.5, 0.6) is 11.5 Å². The van der Waals surface area contributed by atoms with Crippen molar-refractivity contribution in [3.63, 3.8) is 0 Å². The van der Waals surface area contributed by atoms with Crippen molar-refractivity contribution in [1.29, 1.82) is 0 Å². The summed E-state index contributed by atoms with van der Waals surface area (Å²) >= 11 is 6.92. The largest absolute Gasteiger partial charge is 0.454 e. The van der Waals surface area contributed by atoms with Gasteiger partial charge >= 0.3 is 0 Å². The number of aryl methyl sites for hydroxylation is 1. The van der Waals surface area contributed by atoms with Gasteiger partial charge in [-0.2, -0.15) is 0 Å². The van der Waals surface area contributed by atoms with E-state index in [0.717, 1.165) is 33.0 Å². The molecule has 2 N–H and O–H groups in total. The first kappa shape index (κ1) is 14.6. The maximum Gasteiger partial charge on any atom is 0.231 e. The van der Waals surface area contributed by atoms with Gasteiger partial charge in [-0.15, -0.1) is 0 Å². The van der Waals surface area contributed by atoms with Crippen molar-refractivity contribution in [3.8, 4) is 22.9 Å². The highest BCUT2D eigenvalue weighted by atomic mass is 79.9. The summed E-state index contributed by atoms with van der Waals surface area (Å²) in [6.07, 6.45) is 1.82. The van der Waals surface area contributed by atoms with Crippen LogP contribution in [0.15, 0.2) is 21.1 Å². The second kappa shape index (κ2) is 5.81. The zero-order valence-corrected chi connectivity index (χ0v) is 14.5. The highest BCUT2D eigenvalue weighted by Gasteiger charge is 2.20. The Morgan fingerprint density at radius 1 is 1.24 bits per heavy atom. The number of rotatable bonds is 3. The van der Waals surface area contributed by atoms with Crippen LogP contribution in [0.2, 0.25) is 0 Å². The Morgan fingerprint density at radius 3 is 2.81 bits per heavy atom. The number of nitrogen functional groups attached to an aromatic ring is 1. The molecule has 1 aliphatic heterocycles. The fourth-order valence-electron chi connectivity index (χ4n) is 2.14. The van der Waals surface area contributed by atoms with Crippen LogP contribution < -0.4 is 15.2 Å². The number of nitrogens with two attached hydrogens (primary N) is 1. The van der Waals surface area contributed by atoms with Crippen molar-refractivity contribution in [2.45, 2.75) is 19.8 Å². The molecule has 110 valence electrons. The van der Waals surface area contributed by atoms with E-state index in [0.29, 0.717) is 23.1 Å². The molecule has 0 unspecified atom stereocenters. The summed E-state index contributed by atoms with van der Waals surface area (Å²) < 4.78 is 12.4. The predicted molar refractivity (Wildman–Crippen MR) is 87.4 cm³/mol. The third-order valence-electron chi connectivity index (χ3n) is 3.12. The molecule has 0 spiro atoms. The normalized spacial score (nSPS) is 12.7. The topological polar surface area (TPSA) is 70.3 Å². The van der Waals surface area contributed by atoms with Crippen LogP contribution >= 0.6 is 31.9 Å². The number of hydrogen-bond acceptors (Lipinski definition) is 5. The van der Waals surface area contributed by atoms with Gasteiger partial charge in [-0.25, -0.2) is 9.97 Å². The molecule has 0 radical (unpaired) electrons. The Kier molecular flexibility index (Phi) is 4.03. The van der Waals surface area contributed by atoms with E-state index in [2.05, 4.69) is 48.8 Å². The average Bonchev–Trinajstić information content (AvgIpc) is 2.92. The number of fused-ring (bicyclic) bond motifs is 1. The lowest BCUT2D eigenvalue weighted by Gasteiger charge is -2.09. The lowest BCUT2D eigenvalue weighted by molar-refractivity contribution is 0.173. The Labute approximate surface area is 139 Å². The minimum Gasteiger partial charge on any atom is -0.454 e. The molecule has 21 heavy (non-hydrogen) atoms. The van der Waals surface area contributed by atoms with Crippen molar-refractivity contribution in [2.24, 2.45) is 0 Å². The van der Waals surface area contributed by atoms with Crippen LogP contribution in [0.3, 0.4) is 0 Å². The lowest BCUT2D eigenvalue weighted by atomic mass is 10.1. The molecule has 1 aliphatic rings. The third kappa shape index (κ3) is 2.72. The van der Waals surface area contributed by atoms with E-state index in [4.69, 9.17) is 15.2 Å². The summed E-state index contributed by atoms with van der Waals surface area (Å²) in [5.41, 5.74) is 7.72. The van der Waals surface area contributed by atoms with E-state index in [1.807, 2.05) is 12.1 Å². The van der Waals surface area contributed by atoms with Gasteiger partial charge in [0.25, 0.3) is 0 Å². The van der Waals surface area contributed by atoms with E-state index in [-0.39, 0.29) is 6.79 Å². The summed E-state index contributed by atoms with van der Waals surface area (Å²) in [4.78, 5) is 8.96. The second-order valence-corrected chi connectivity index (χ2v) is 6.28. The number of nitrogens with zero attached hydrogens (tertiary/aromatic N) is 2. The van der Waals surface area contributed by atoms with Gasteiger partial charge in [-0.3, -0.25) is 0 Å². The summed E-state index contributed by atoms with van der Waals surface area (Å²) in [7, 11) is 0. The molecule has 0 amide bonds. The lowest BCUT2D eigenvalue weighted by Crippen LogP contribution is -2.03. The molecule has 1 aromatic heterocycles. The zero-order chi connectivity index (χ0) is 15.0. The molecule has 0 saturated carbocycles. The van der Waals surface area contributed by atoms with E-state index < -0.39 is 0 Å². The number of hydrogen-bond donors (Lipinski definition) is 1. The van der Waals surface area contributed by atoms with Crippen LogP contribution in [-0.4, -0.2) is 16.8 Å². The van der Waals surface area contributed by atoms with Gasteiger partial charge < -0.3 is 15.2 Å². The van der Waals surface area contributed by atoms with Gasteiger partial charge in [0.2, 0.25) is 6.79 Å². The summed E-state index contributed by atoms with van der Waals surface area (Å²) in [6.45, 7) is 2.32. The van der Waals surface area contributed by atoms with E-state index in [1.165, 1.54) is 0 Å². The van der Waals surface area contributed by atoms with Gasteiger partial charge in [0, 0.05) is 5.56 Å². The number of anilines is 1. The average molecular weight is 415 g/mol. The van der Waals surface area contributed by atoms with E-state index in [9.17, 15) is 0 Å². The molecule has 0 atom stereocenters. The third-order valence-corrected chi connectivity index (χ3v) is 4.57. The Balaban J connectivity index is 2.10. The van der Waals surface area contributed by atoms with Crippen molar-refractivity contribution >= 4 is 37.7 Å². The van der Waals surface area contributed by atoms with Crippen molar-refractivity contribution in [1.82, 2.24) is 9.97 Å². The maximum atomic E-state index is 5.97. The number of aromatic nitrogens is 2. The monoisotopic (exact) mass is 413 g/mol. The molecule has 0 aliphatic carbocycles. The number of halogens is 2. The maximum absolute atomic E-state index is 5.97. The fourth-order valence-corrected chi connectivity index (χ4v) is 3.07. The van der Waals surface area contributed by atoms with Crippen LogP contribution in [0.4, 0.5) is 5.82 Å². The molecule has 2 aromatic rings. The first-order valence-corrected chi connectivity index (χ1v) is 8.10. The Morgan fingerprint density at radius 2 is 2.05 bits per heavy atom. The van der Waals surface area contributed by atoms with Crippen molar-refractivity contribution in [2.75, 3.05) is 12.5 Å². The fraction of sp³-hybridized carbons (Fsp3) is 0.286. The standard InChI is InChI=1S/C14H13Br2N3O2/c1-2-3-9-11(16)13(17)19-14(18-9)7-4-8(15)12-10(5-7)20-6-21-12/h4-5H,2-3,6H2,1H3,(H2,17,18,19). The molecular formula is C14H13Br2N3O2. The molecule has 7 heteroatoms. The SMILES string of the molecule is CCCc1nc(-c2cc(Br)c3c(c2)OCO3)nc(N)c1Br. The van der Waals surface area contributed by atoms with Crippen LogP contribution in [0, 0.1) is 0 Å². The molecule has 0 bridgehead atoms. The molecule has 0 saturated heterocycles. The molecule has 2 heterocycles. The summed E-state index contributed by atoms with van der Waals surface area (Å²) in [5, 5.41) is 0. The molecule has 1 aromatic carbocycles. The number of benzene rings is 1. The minimum absolute atomic E-state index is 0.224. The van der Waals surface area contributed by atoms with E-state index >= 15 is 0 Å². The first-order chi connectivity index (χ1) is 10.1. The molecule has 0 fully saturated rings. The van der Waals surface area contributed by atoms with Crippen molar-refractivity contribution in [3.05, 3.63) is 26.8 Å². The predicted octanol–water partition coefficient (Wildman–Crippen LogP) is 3.93. The summed E-state index contributed by atoms with van der Waals surface area (Å²) in [5.74, 6) is 2.41. The molecule has 5 nitrogen and oxygen atoms in total. The minimum atomic E-state index is 0.224.